The summed E-state index contributed by atoms with van der Waals surface area (Å²) in [4.78, 5) is 0. The van der Waals surface area contributed by atoms with Crippen LogP contribution in [0.2, 0.25) is 0 Å². The van der Waals surface area contributed by atoms with Gasteiger partial charge in [-0.2, -0.15) is 0 Å². The molecule has 0 bridgehead atoms. The van der Waals surface area contributed by atoms with Gasteiger partial charge in [-0.3, -0.25) is 0 Å². The first kappa shape index (κ1) is 22.8. The van der Waals surface area contributed by atoms with Gasteiger partial charge in [0.25, 0.3) is 0 Å². The van der Waals surface area contributed by atoms with Crippen LogP contribution in [0.1, 0.15) is 89.0 Å². The minimum atomic E-state index is -5.12. The molecule has 4 atom stereocenters. The van der Waals surface area contributed by atoms with Gasteiger partial charge >= 0.3 is 6.36 Å². The van der Waals surface area contributed by atoms with Crippen LogP contribution in [-0.4, -0.2) is 6.36 Å². The summed E-state index contributed by atoms with van der Waals surface area (Å²) in [5.74, 6) is 0.210. The monoisotopic (exact) mass is 444 g/mol. The fourth-order valence-electron chi connectivity index (χ4n) is 6.77. The van der Waals surface area contributed by atoms with Crippen molar-refractivity contribution in [1.82, 2.24) is 0 Å². The first-order valence-electron chi connectivity index (χ1n) is 12.0. The third-order valence-corrected chi connectivity index (χ3v) is 8.49. The molecule has 3 aliphatic rings. The molecule has 0 aliphatic heterocycles. The predicted molar refractivity (Wildman–Crippen MR) is 110 cm³/mol. The lowest BCUT2D eigenvalue weighted by Crippen LogP contribution is -2.34. The first-order valence-corrected chi connectivity index (χ1v) is 12.0. The summed E-state index contributed by atoms with van der Waals surface area (Å²) in [6.07, 6.45) is 8.09. The van der Waals surface area contributed by atoms with Crippen molar-refractivity contribution in [3.63, 3.8) is 0 Å². The normalized spacial score (nSPS) is 34.3. The lowest BCUT2D eigenvalue weighted by Gasteiger charge is -2.45. The van der Waals surface area contributed by atoms with E-state index in [2.05, 4.69) is 11.7 Å². The highest BCUT2D eigenvalue weighted by atomic mass is 19.4. The van der Waals surface area contributed by atoms with E-state index in [4.69, 9.17) is 0 Å². The van der Waals surface area contributed by atoms with Gasteiger partial charge < -0.3 is 4.74 Å². The summed E-state index contributed by atoms with van der Waals surface area (Å²) in [6, 6.07) is 2.04. The zero-order valence-corrected chi connectivity index (χ0v) is 18.2. The smallest absolute Gasteiger partial charge is 0.399 e. The quantitative estimate of drug-likeness (QED) is 0.424. The number of alkyl halides is 3. The Morgan fingerprint density at radius 1 is 0.774 bits per heavy atom. The molecule has 0 aromatic heterocycles. The zero-order valence-electron chi connectivity index (χ0n) is 18.2. The Labute approximate surface area is 181 Å². The second-order valence-electron chi connectivity index (χ2n) is 10.2. The van der Waals surface area contributed by atoms with Crippen LogP contribution in [0.5, 0.6) is 5.75 Å². The van der Waals surface area contributed by atoms with Crippen molar-refractivity contribution in [2.45, 2.75) is 89.8 Å². The number of hydrogen-bond acceptors (Lipinski definition) is 1. The van der Waals surface area contributed by atoms with Gasteiger partial charge in [-0.15, -0.1) is 13.2 Å². The standard InChI is InChI=1S/C25H33F5O/c1-2-15-3-4-20-12-19(10-9-18(20)11-15)16-5-7-17(8-6-16)21-13-22(26)24(23(27)14-21)31-25(28,29)30/h13-20H,2-12H2,1H3. The van der Waals surface area contributed by atoms with Gasteiger partial charge in [0.1, 0.15) is 0 Å². The van der Waals surface area contributed by atoms with Gasteiger partial charge in [0.15, 0.2) is 11.6 Å². The van der Waals surface area contributed by atoms with Crippen molar-refractivity contribution in [3.05, 3.63) is 29.3 Å². The molecule has 6 heteroatoms. The van der Waals surface area contributed by atoms with Gasteiger partial charge in [-0.25, -0.2) is 8.78 Å². The Balaban J connectivity index is 1.33. The highest BCUT2D eigenvalue weighted by molar-refractivity contribution is 5.33. The van der Waals surface area contributed by atoms with Crippen molar-refractivity contribution in [2.24, 2.45) is 29.6 Å². The second-order valence-corrected chi connectivity index (χ2v) is 10.2. The van der Waals surface area contributed by atoms with Crippen molar-refractivity contribution in [2.75, 3.05) is 0 Å². The molecule has 1 aromatic rings. The fraction of sp³-hybridized carbons (Fsp3) is 0.760. The Hall–Kier alpha value is -1.33. The molecule has 3 saturated carbocycles. The van der Waals surface area contributed by atoms with Crippen molar-refractivity contribution >= 4 is 0 Å². The number of ether oxygens (including phenoxy) is 1. The van der Waals surface area contributed by atoms with Gasteiger partial charge in [0.2, 0.25) is 5.75 Å². The lowest BCUT2D eigenvalue weighted by molar-refractivity contribution is -0.276. The lowest BCUT2D eigenvalue weighted by atomic mass is 9.60. The third kappa shape index (κ3) is 5.36. The summed E-state index contributed by atoms with van der Waals surface area (Å²) < 4.78 is 68.8. The molecule has 174 valence electrons. The van der Waals surface area contributed by atoms with Gasteiger partial charge in [-0.1, -0.05) is 19.8 Å². The van der Waals surface area contributed by atoms with E-state index < -0.39 is 23.7 Å². The highest BCUT2D eigenvalue weighted by Crippen LogP contribution is 2.50. The molecular weight excluding hydrogens is 411 g/mol. The minimum absolute atomic E-state index is 0.00322. The van der Waals surface area contributed by atoms with E-state index in [9.17, 15) is 22.0 Å². The summed E-state index contributed by atoms with van der Waals surface area (Å²) >= 11 is 0. The molecule has 4 unspecified atom stereocenters. The first-order chi connectivity index (χ1) is 14.7. The maximum atomic E-state index is 14.1. The van der Waals surface area contributed by atoms with Crippen LogP contribution in [-0.2, 0) is 0 Å². The van der Waals surface area contributed by atoms with E-state index in [1.54, 1.807) is 0 Å². The molecule has 0 amide bonds. The van der Waals surface area contributed by atoms with Gasteiger partial charge in [0.05, 0.1) is 0 Å². The van der Waals surface area contributed by atoms with Gasteiger partial charge in [-0.05, 0) is 111 Å². The Kier molecular flexibility index (Phi) is 6.83. The molecule has 3 fully saturated rings. The van der Waals surface area contributed by atoms with Crippen LogP contribution in [0.4, 0.5) is 22.0 Å². The number of rotatable bonds is 4. The van der Waals surface area contributed by atoms with Crippen LogP contribution >= 0.6 is 0 Å². The average Bonchev–Trinajstić information content (AvgIpc) is 2.75. The van der Waals surface area contributed by atoms with Crippen molar-refractivity contribution in [3.8, 4) is 5.75 Å². The molecule has 1 aromatic carbocycles. The second kappa shape index (κ2) is 9.27. The third-order valence-electron chi connectivity index (χ3n) is 8.49. The minimum Gasteiger partial charge on any atom is -0.399 e. The van der Waals surface area contributed by atoms with E-state index in [1.807, 2.05) is 0 Å². The molecule has 0 N–H and O–H groups in total. The van der Waals surface area contributed by atoms with Gasteiger partial charge in [0, 0.05) is 0 Å². The maximum Gasteiger partial charge on any atom is 0.573 e. The van der Waals surface area contributed by atoms with Crippen LogP contribution in [0, 0.1) is 41.2 Å². The number of benzene rings is 1. The van der Waals surface area contributed by atoms with Crippen LogP contribution in [0.3, 0.4) is 0 Å². The van der Waals surface area contributed by atoms with Crippen LogP contribution in [0.15, 0.2) is 12.1 Å². The Bertz CT molecular complexity index is 730. The fourth-order valence-corrected chi connectivity index (χ4v) is 6.77. The topological polar surface area (TPSA) is 9.23 Å². The van der Waals surface area contributed by atoms with Crippen molar-refractivity contribution < 1.29 is 26.7 Å². The molecular formula is C25H33F5O. The molecule has 31 heavy (non-hydrogen) atoms. The van der Waals surface area contributed by atoms with E-state index >= 15 is 0 Å². The summed E-state index contributed by atoms with van der Waals surface area (Å²) in [5, 5.41) is 0. The van der Waals surface area contributed by atoms with E-state index in [1.165, 1.54) is 44.9 Å². The van der Waals surface area contributed by atoms with E-state index in [-0.39, 0.29) is 5.92 Å². The maximum absolute atomic E-state index is 14.1. The average molecular weight is 445 g/mol. The Morgan fingerprint density at radius 3 is 1.87 bits per heavy atom. The summed E-state index contributed by atoms with van der Waals surface area (Å²) in [5.41, 5.74) is 0.449. The van der Waals surface area contributed by atoms with E-state index in [0.717, 1.165) is 61.5 Å². The zero-order chi connectivity index (χ0) is 22.2. The molecule has 0 spiro atoms. The number of halogens is 5. The highest BCUT2D eigenvalue weighted by Gasteiger charge is 2.39. The predicted octanol–water partition coefficient (Wildman–Crippen LogP) is 8.38. The largest absolute Gasteiger partial charge is 0.573 e. The Morgan fingerprint density at radius 2 is 1.29 bits per heavy atom. The number of fused-ring (bicyclic) bond motifs is 1. The summed E-state index contributed by atoms with van der Waals surface area (Å²) in [6.45, 7) is 2.31. The van der Waals surface area contributed by atoms with Crippen LogP contribution in [0.25, 0.3) is 0 Å². The molecule has 4 rings (SSSR count). The molecule has 0 heterocycles. The SMILES string of the molecule is CCC1CCC2CC(C3CCC(c4cc(F)c(OC(F)(F)F)c(F)c4)CC3)CCC2C1. The van der Waals surface area contributed by atoms with Crippen LogP contribution < -0.4 is 4.74 Å². The van der Waals surface area contributed by atoms with E-state index in [0.29, 0.717) is 11.5 Å². The molecule has 1 nitrogen and oxygen atoms in total. The van der Waals surface area contributed by atoms with Crippen molar-refractivity contribution in [1.29, 1.82) is 0 Å². The number of hydrogen-bond donors (Lipinski definition) is 0. The molecule has 0 radical (unpaired) electrons. The molecule has 0 saturated heterocycles. The molecule has 3 aliphatic carbocycles. The summed E-state index contributed by atoms with van der Waals surface area (Å²) in [7, 11) is 0.